The first-order valence-electron chi connectivity index (χ1n) is 7.49. The van der Waals surface area contributed by atoms with Gasteiger partial charge in [-0.25, -0.2) is 4.98 Å². The van der Waals surface area contributed by atoms with Gasteiger partial charge in [0.2, 0.25) is 5.91 Å². The van der Waals surface area contributed by atoms with E-state index in [2.05, 4.69) is 10.3 Å². The fourth-order valence-corrected chi connectivity index (χ4v) is 3.45. The number of hydrogen-bond donors (Lipinski definition) is 2. The molecule has 1 aromatic carbocycles. The largest absolute Gasteiger partial charge is 0.455 e. The summed E-state index contributed by atoms with van der Waals surface area (Å²) in [5, 5.41) is 11.7. The number of carbonyl (C=O) groups excluding carboxylic acids is 1. The average Bonchev–Trinajstić information content (AvgIpc) is 2.54. The number of fused-ring (bicyclic) bond motifs is 4. The van der Waals surface area contributed by atoms with Gasteiger partial charge in [-0.05, 0) is 12.1 Å². The summed E-state index contributed by atoms with van der Waals surface area (Å²) >= 11 is 6.10. The summed E-state index contributed by atoms with van der Waals surface area (Å²) in [4.78, 5) is 17.9. The Balaban J connectivity index is 2.02. The van der Waals surface area contributed by atoms with Crippen molar-refractivity contribution in [2.45, 2.75) is 12.0 Å². The number of nitrogens with zero attached hydrogens (tertiary/aromatic N) is 2. The molecule has 2 aromatic rings. The Kier molecular flexibility index (Phi) is 3.12. The standard InChI is InChI=1S/C16H14BClN4O2/c1-22-14(23)6-16(21-15(22)19)9-4-8(17)2-3-11(9)24-12-7-20-13(18)5-10(12)16/h2-5,7H,6,17H2,1H3,(H2,19,21)/t16-/m0/s1. The SMILES string of the molecule is Bc1ccc2c(c1)[C@@]1(CC(=O)N(C)C(=N)N1)c1cc(Cl)ncc1O2. The van der Waals surface area contributed by atoms with E-state index in [0.717, 1.165) is 11.0 Å². The van der Waals surface area contributed by atoms with Crippen molar-refractivity contribution >= 4 is 36.8 Å². The topological polar surface area (TPSA) is 78.3 Å². The molecule has 24 heavy (non-hydrogen) atoms. The van der Waals surface area contributed by atoms with Crippen LogP contribution in [0, 0.1) is 5.41 Å². The van der Waals surface area contributed by atoms with Crippen molar-refractivity contribution in [2.24, 2.45) is 0 Å². The molecule has 1 amide bonds. The highest BCUT2D eigenvalue weighted by Gasteiger charge is 2.48. The molecule has 120 valence electrons. The summed E-state index contributed by atoms with van der Waals surface area (Å²) in [6.45, 7) is 0. The minimum absolute atomic E-state index is 0.0412. The van der Waals surface area contributed by atoms with Crippen molar-refractivity contribution in [1.29, 1.82) is 5.41 Å². The molecule has 1 saturated heterocycles. The quantitative estimate of drug-likeness (QED) is 0.547. The molecule has 0 radical (unpaired) electrons. The maximum Gasteiger partial charge on any atom is 0.232 e. The van der Waals surface area contributed by atoms with Gasteiger partial charge >= 0.3 is 0 Å². The maximum atomic E-state index is 12.5. The normalized spacial score (nSPS) is 21.8. The zero-order chi connectivity index (χ0) is 17.1. The molecule has 0 saturated carbocycles. The van der Waals surface area contributed by atoms with Crippen LogP contribution in [0.4, 0.5) is 0 Å². The fourth-order valence-electron chi connectivity index (χ4n) is 3.29. The molecule has 3 heterocycles. The summed E-state index contributed by atoms with van der Waals surface area (Å²) in [5.41, 5.74) is 1.69. The van der Waals surface area contributed by atoms with Gasteiger partial charge in [0.05, 0.1) is 12.6 Å². The summed E-state index contributed by atoms with van der Waals surface area (Å²) in [6.07, 6.45) is 1.72. The number of nitrogens with one attached hydrogen (secondary N) is 2. The van der Waals surface area contributed by atoms with Crippen molar-refractivity contribution in [3.8, 4) is 11.5 Å². The summed E-state index contributed by atoms with van der Waals surface area (Å²) < 4.78 is 5.96. The van der Waals surface area contributed by atoms with E-state index in [4.69, 9.17) is 21.7 Å². The molecular weight excluding hydrogens is 326 g/mol. The van der Waals surface area contributed by atoms with Gasteiger partial charge < -0.3 is 10.1 Å². The van der Waals surface area contributed by atoms with Crippen LogP contribution in [-0.2, 0) is 10.3 Å². The molecule has 1 aromatic heterocycles. The highest BCUT2D eigenvalue weighted by molar-refractivity contribution is 6.32. The van der Waals surface area contributed by atoms with Crippen LogP contribution < -0.4 is 15.5 Å². The second-order valence-electron chi connectivity index (χ2n) is 6.11. The van der Waals surface area contributed by atoms with Gasteiger partial charge in [-0.1, -0.05) is 29.2 Å². The van der Waals surface area contributed by atoms with Gasteiger partial charge in [0.1, 0.15) is 24.3 Å². The second kappa shape index (κ2) is 4.98. The van der Waals surface area contributed by atoms with Gasteiger partial charge in [-0.15, -0.1) is 0 Å². The number of halogens is 1. The van der Waals surface area contributed by atoms with E-state index in [1.54, 1.807) is 19.3 Å². The number of amides is 1. The van der Waals surface area contributed by atoms with Crippen molar-refractivity contribution in [3.05, 3.63) is 46.7 Å². The highest BCUT2D eigenvalue weighted by Crippen LogP contribution is 2.49. The van der Waals surface area contributed by atoms with E-state index < -0.39 is 5.54 Å². The molecular formula is C16H14BClN4O2. The zero-order valence-electron chi connectivity index (χ0n) is 13.2. The third-order valence-corrected chi connectivity index (χ3v) is 4.77. The average molecular weight is 341 g/mol. The minimum atomic E-state index is -0.887. The van der Waals surface area contributed by atoms with Gasteiger partial charge in [0.25, 0.3) is 0 Å². The third-order valence-electron chi connectivity index (χ3n) is 4.57. The van der Waals surface area contributed by atoms with E-state index >= 15 is 0 Å². The molecule has 1 atom stereocenters. The first kappa shape index (κ1) is 15.0. The molecule has 0 aliphatic carbocycles. The van der Waals surface area contributed by atoms with Crippen LogP contribution in [0.5, 0.6) is 11.5 Å². The van der Waals surface area contributed by atoms with Crippen LogP contribution >= 0.6 is 11.6 Å². The number of rotatable bonds is 0. The zero-order valence-corrected chi connectivity index (χ0v) is 13.9. The van der Waals surface area contributed by atoms with Crippen LogP contribution in [0.1, 0.15) is 17.5 Å². The van der Waals surface area contributed by atoms with Crippen LogP contribution in [0.2, 0.25) is 5.15 Å². The van der Waals surface area contributed by atoms with Gasteiger partial charge in [-0.2, -0.15) is 0 Å². The predicted molar refractivity (Wildman–Crippen MR) is 93.0 cm³/mol. The van der Waals surface area contributed by atoms with Crippen molar-refractivity contribution in [3.63, 3.8) is 0 Å². The minimum Gasteiger partial charge on any atom is -0.455 e. The fraction of sp³-hybridized carbons (Fsp3) is 0.188. The first-order chi connectivity index (χ1) is 11.4. The van der Waals surface area contributed by atoms with Gasteiger partial charge in [0, 0.05) is 18.2 Å². The molecule has 4 rings (SSSR count). The first-order valence-corrected chi connectivity index (χ1v) is 7.87. The van der Waals surface area contributed by atoms with Gasteiger partial charge in [-0.3, -0.25) is 15.1 Å². The van der Waals surface area contributed by atoms with Crippen LogP contribution in [0.25, 0.3) is 0 Å². The van der Waals surface area contributed by atoms with E-state index in [0.29, 0.717) is 22.2 Å². The molecule has 8 heteroatoms. The van der Waals surface area contributed by atoms with Crippen LogP contribution in [-0.4, -0.2) is 36.6 Å². The van der Waals surface area contributed by atoms with E-state index in [-0.39, 0.29) is 18.3 Å². The number of hydrogen-bond acceptors (Lipinski definition) is 4. The highest BCUT2D eigenvalue weighted by atomic mass is 35.5. The Morgan fingerprint density at radius 2 is 2.12 bits per heavy atom. The lowest BCUT2D eigenvalue weighted by Crippen LogP contribution is -2.60. The number of carbonyl (C=O) groups is 1. The lowest BCUT2D eigenvalue weighted by molar-refractivity contribution is -0.129. The second-order valence-corrected chi connectivity index (χ2v) is 6.50. The molecule has 1 fully saturated rings. The molecule has 0 bridgehead atoms. The molecule has 2 aliphatic rings. The van der Waals surface area contributed by atoms with E-state index in [1.165, 1.54) is 4.90 Å². The number of aromatic nitrogens is 1. The molecule has 6 nitrogen and oxygen atoms in total. The number of guanidine groups is 1. The summed E-state index contributed by atoms with van der Waals surface area (Å²) in [5.74, 6) is 1.08. The van der Waals surface area contributed by atoms with E-state index in [9.17, 15) is 4.79 Å². The maximum absolute atomic E-state index is 12.5. The number of ether oxygens (including phenoxy) is 1. The van der Waals surface area contributed by atoms with Crippen molar-refractivity contribution < 1.29 is 9.53 Å². The van der Waals surface area contributed by atoms with Crippen molar-refractivity contribution in [1.82, 2.24) is 15.2 Å². The Bertz CT molecular complexity index is 830. The Hall–Kier alpha value is -2.54. The Morgan fingerprint density at radius 3 is 2.88 bits per heavy atom. The number of benzene rings is 1. The lowest BCUT2D eigenvalue weighted by atomic mass is 9.75. The van der Waals surface area contributed by atoms with Crippen LogP contribution in [0.15, 0.2) is 30.5 Å². The van der Waals surface area contributed by atoms with E-state index in [1.807, 2.05) is 26.0 Å². The summed E-state index contributed by atoms with van der Waals surface area (Å²) in [7, 11) is 3.56. The molecule has 2 N–H and O–H groups in total. The summed E-state index contributed by atoms with van der Waals surface area (Å²) in [6, 6.07) is 7.49. The predicted octanol–water partition coefficient (Wildman–Crippen LogP) is 0.729. The lowest BCUT2D eigenvalue weighted by Gasteiger charge is -2.45. The van der Waals surface area contributed by atoms with Gasteiger partial charge in [0.15, 0.2) is 11.7 Å². The van der Waals surface area contributed by atoms with Crippen LogP contribution in [0.3, 0.4) is 0 Å². The van der Waals surface area contributed by atoms with Crippen molar-refractivity contribution in [2.75, 3.05) is 7.05 Å². The monoisotopic (exact) mass is 340 g/mol. The molecule has 1 spiro atoms. The Labute approximate surface area is 144 Å². The Morgan fingerprint density at radius 1 is 1.38 bits per heavy atom. The smallest absolute Gasteiger partial charge is 0.232 e. The molecule has 0 unspecified atom stereocenters. The molecule has 2 aliphatic heterocycles. The number of pyridine rings is 1. The third kappa shape index (κ3) is 2.01.